The molecule has 2 rings (SSSR count). The van der Waals surface area contributed by atoms with Crippen LogP contribution in [0.15, 0.2) is 30.5 Å². The second-order valence-electron chi connectivity index (χ2n) is 3.33. The predicted octanol–water partition coefficient (Wildman–Crippen LogP) is 1.51. The van der Waals surface area contributed by atoms with Crippen molar-refractivity contribution >= 4 is 0 Å². The maximum Gasteiger partial charge on any atom is 0.0995 e. The molecule has 4 nitrogen and oxygen atoms in total. The Morgan fingerprint density at radius 1 is 1.40 bits per heavy atom. The number of aromatic nitrogens is 3. The highest BCUT2D eigenvalue weighted by Gasteiger charge is 2.02. The highest BCUT2D eigenvalue weighted by Crippen LogP contribution is 2.08. The van der Waals surface area contributed by atoms with Crippen molar-refractivity contribution in [1.82, 2.24) is 15.0 Å². The summed E-state index contributed by atoms with van der Waals surface area (Å²) in [4.78, 5) is 0. The van der Waals surface area contributed by atoms with E-state index in [0.717, 1.165) is 11.3 Å². The molecule has 0 aliphatic carbocycles. The van der Waals surface area contributed by atoms with E-state index >= 15 is 0 Å². The highest BCUT2D eigenvalue weighted by molar-refractivity contribution is 5.37. The van der Waals surface area contributed by atoms with E-state index in [2.05, 4.69) is 16.4 Å². The molecule has 0 aliphatic heterocycles. The SMILES string of the molecule is Cc1cn(Cc2ccccc2C#N)nn1. The summed E-state index contributed by atoms with van der Waals surface area (Å²) in [5, 5.41) is 16.7. The van der Waals surface area contributed by atoms with E-state index < -0.39 is 0 Å². The molecule has 74 valence electrons. The maximum absolute atomic E-state index is 8.91. The largest absolute Gasteiger partial charge is 0.248 e. The smallest absolute Gasteiger partial charge is 0.0995 e. The van der Waals surface area contributed by atoms with E-state index in [1.54, 1.807) is 10.7 Å². The first-order valence-electron chi connectivity index (χ1n) is 4.64. The van der Waals surface area contributed by atoms with Crippen molar-refractivity contribution < 1.29 is 0 Å². The Morgan fingerprint density at radius 2 is 2.20 bits per heavy atom. The normalized spacial score (nSPS) is 9.87. The van der Waals surface area contributed by atoms with Gasteiger partial charge in [0.15, 0.2) is 0 Å². The van der Waals surface area contributed by atoms with Gasteiger partial charge in [0.2, 0.25) is 0 Å². The number of aryl methyl sites for hydroxylation is 1. The van der Waals surface area contributed by atoms with Crippen LogP contribution in [0.4, 0.5) is 0 Å². The Hall–Kier alpha value is -2.15. The topological polar surface area (TPSA) is 54.5 Å². The van der Waals surface area contributed by atoms with Crippen molar-refractivity contribution in [1.29, 1.82) is 5.26 Å². The second kappa shape index (κ2) is 3.93. The van der Waals surface area contributed by atoms with Crippen molar-refractivity contribution in [3.05, 3.63) is 47.3 Å². The lowest BCUT2D eigenvalue weighted by atomic mass is 10.1. The number of hydrogen-bond donors (Lipinski definition) is 0. The summed E-state index contributed by atoms with van der Waals surface area (Å²) in [6, 6.07) is 9.66. The minimum atomic E-state index is 0.588. The number of nitriles is 1. The molecule has 0 saturated heterocycles. The van der Waals surface area contributed by atoms with E-state index in [9.17, 15) is 0 Å². The first-order chi connectivity index (χ1) is 7.29. The molecule has 2 aromatic rings. The molecule has 0 amide bonds. The van der Waals surface area contributed by atoms with Crippen LogP contribution in [0.5, 0.6) is 0 Å². The van der Waals surface area contributed by atoms with Crippen molar-refractivity contribution in [2.24, 2.45) is 0 Å². The molecule has 0 fully saturated rings. The summed E-state index contributed by atoms with van der Waals surface area (Å²) in [6.07, 6.45) is 1.86. The molecule has 0 aliphatic rings. The summed E-state index contributed by atoms with van der Waals surface area (Å²) in [7, 11) is 0. The average molecular weight is 198 g/mol. The highest BCUT2D eigenvalue weighted by atomic mass is 15.4. The first kappa shape index (κ1) is 9.41. The maximum atomic E-state index is 8.91. The Labute approximate surface area is 87.8 Å². The zero-order chi connectivity index (χ0) is 10.7. The molecule has 0 atom stereocenters. The minimum Gasteiger partial charge on any atom is -0.248 e. The molecule has 0 bridgehead atoms. The molecule has 0 spiro atoms. The van der Waals surface area contributed by atoms with Gasteiger partial charge in [-0.25, -0.2) is 4.68 Å². The number of rotatable bonds is 2. The van der Waals surface area contributed by atoms with Crippen LogP contribution in [0, 0.1) is 18.3 Å². The fourth-order valence-corrected chi connectivity index (χ4v) is 1.41. The third-order valence-electron chi connectivity index (χ3n) is 2.12. The minimum absolute atomic E-state index is 0.588. The van der Waals surface area contributed by atoms with Gasteiger partial charge in [-0.3, -0.25) is 0 Å². The molecule has 0 unspecified atom stereocenters. The zero-order valence-corrected chi connectivity index (χ0v) is 8.38. The lowest BCUT2D eigenvalue weighted by Gasteiger charge is -2.02. The monoisotopic (exact) mass is 198 g/mol. The van der Waals surface area contributed by atoms with Crippen LogP contribution in [0.3, 0.4) is 0 Å². The van der Waals surface area contributed by atoms with Gasteiger partial charge in [0, 0.05) is 6.20 Å². The zero-order valence-electron chi connectivity index (χ0n) is 8.38. The standard InChI is InChI=1S/C11H10N4/c1-9-7-15(14-13-9)8-11-5-3-2-4-10(11)6-12/h2-5,7H,8H2,1H3. The van der Waals surface area contributed by atoms with Gasteiger partial charge in [-0.05, 0) is 18.6 Å². The molecular formula is C11H10N4. The van der Waals surface area contributed by atoms with Gasteiger partial charge in [0.05, 0.1) is 23.9 Å². The van der Waals surface area contributed by atoms with E-state index in [0.29, 0.717) is 12.1 Å². The number of benzene rings is 1. The summed E-state index contributed by atoms with van der Waals surface area (Å²) in [5.41, 5.74) is 2.53. The number of hydrogen-bond acceptors (Lipinski definition) is 3. The Morgan fingerprint density at radius 3 is 2.87 bits per heavy atom. The van der Waals surface area contributed by atoms with Crippen LogP contribution >= 0.6 is 0 Å². The molecule has 0 radical (unpaired) electrons. The Bertz CT molecular complexity index is 507. The fraction of sp³-hybridized carbons (Fsp3) is 0.182. The van der Waals surface area contributed by atoms with Gasteiger partial charge in [0.25, 0.3) is 0 Å². The lowest BCUT2D eigenvalue weighted by Crippen LogP contribution is -2.02. The van der Waals surface area contributed by atoms with E-state index in [1.165, 1.54) is 0 Å². The lowest BCUT2D eigenvalue weighted by molar-refractivity contribution is 0.648. The molecule has 1 heterocycles. The summed E-state index contributed by atoms with van der Waals surface area (Å²) in [5.74, 6) is 0. The van der Waals surface area contributed by atoms with Crippen molar-refractivity contribution in [3.63, 3.8) is 0 Å². The van der Waals surface area contributed by atoms with Gasteiger partial charge < -0.3 is 0 Å². The molecule has 4 heteroatoms. The van der Waals surface area contributed by atoms with Crippen LogP contribution in [-0.4, -0.2) is 15.0 Å². The molecular weight excluding hydrogens is 188 g/mol. The number of nitrogens with zero attached hydrogens (tertiary/aromatic N) is 4. The quantitative estimate of drug-likeness (QED) is 0.734. The van der Waals surface area contributed by atoms with Gasteiger partial charge in [0.1, 0.15) is 0 Å². The molecule has 1 aromatic heterocycles. The third kappa shape index (κ3) is 2.02. The van der Waals surface area contributed by atoms with Crippen LogP contribution < -0.4 is 0 Å². The van der Waals surface area contributed by atoms with Gasteiger partial charge >= 0.3 is 0 Å². The Kier molecular flexibility index (Phi) is 2.46. The predicted molar refractivity (Wildman–Crippen MR) is 55.0 cm³/mol. The van der Waals surface area contributed by atoms with E-state index in [-0.39, 0.29) is 0 Å². The van der Waals surface area contributed by atoms with E-state index in [1.807, 2.05) is 31.3 Å². The van der Waals surface area contributed by atoms with Crippen molar-refractivity contribution in [2.45, 2.75) is 13.5 Å². The van der Waals surface area contributed by atoms with Crippen LogP contribution in [0.1, 0.15) is 16.8 Å². The van der Waals surface area contributed by atoms with Gasteiger partial charge in [-0.2, -0.15) is 5.26 Å². The summed E-state index contributed by atoms with van der Waals surface area (Å²) < 4.78 is 1.73. The molecule has 0 saturated carbocycles. The molecule has 0 N–H and O–H groups in total. The third-order valence-corrected chi connectivity index (χ3v) is 2.12. The van der Waals surface area contributed by atoms with Gasteiger partial charge in [-0.15, -0.1) is 5.10 Å². The first-order valence-corrected chi connectivity index (χ1v) is 4.64. The summed E-state index contributed by atoms with van der Waals surface area (Å²) in [6.45, 7) is 2.48. The van der Waals surface area contributed by atoms with Crippen molar-refractivity contribution in [3.8, 4) is 6.07 Å². The van der Waals surface area contributed by atoms with Crippen molar-refractivity contribution in [2.75, 3.05) is 0 Å². The van der Waals surface area contributed by atoms with Crippen LogP contribution in [0.2, 0.25) is 0 Å². The second-order valence-corrected chi connectivity index (χ2v) is 3.33. The Balaban J connectivity index is 2.28. The molecule has 1 aromatic carbocycles. The van der Waals surface area contributed by atoms with E-state index in [4.69, 9.17) is 5.26 Å². The van der Waals surface area contributed by atoms with Crippen LogP contribution in [0.25, 0.3) is 0 Å². The molecule has 15 heavy (non-hydrogen) atoms. The summed E-state index contributed by atoms with van der Waals surface area (Å²) >= 11 is 0. The average Bonchev–Trinajstić information content (AvgIpc) is 2.65. The van der Waals surface area contributed by atoms with Crippen LogP contribution in [-0.2, 0) is 6.54 Å². The van der Waals surface area contributed by atoms with Gasteiger partial charge in [-0.1, -0.05) is 23.4 Å². The fourth-order valence-electron chi connectivity index (χ4n) is 1.41.